The Kier molecular flexibility index (Phi) is 4.70. The van der Waals surface area contributed by atoms with Crippen molar-refractivity contribution in [2.75, 3.05) is 0 Å². The zero-order valence-corrected chi connectivity index (χ0v) is 11.2. The van der Waals surface area contributed by atoms with Gasteiger partial charge in [0.15, 0.2) is 0 Å². The largest absolute Gasteiger partial charge is 0.192 e. The number of nitriles is 1. The Morgan fingerprint density at radius 1 is 0.800 bits per heavy atom. The van der Waals surface area contributed by atoms with Crippen LogP contribution in [0.4, 0.5) is 0 Å². The molecule has 2 aliphatic rings. The van der Waals surface area contributed by atoms with E-state index in [4.69, 9.17) is 5.26 Å². The molecular formula is C19H15N. The number of nitrogens with zero attached hydrogens (tertiary/aromatic N) is 1. The quantitative estimate of drug-likeness (QED) is 0.602. The van der Waals surface area contributed by atoms with Gasteiger partial charge in [-0.3, -0.25) is 0 Å². The van der Waals surface area contributed by atoms with Gasteiger partial charge in [-0.25, -0.2) is 0 Å². The summed E-state index contributed by atoms with van der Waals surface area (Å²) >= 11 is 0. The molecular weight excluding hydrogens is 242 g/mol. The average Bonchev–Trinajstić information content (AvgIpc) is 2.76. The van der Waals surface area contributed by atoms with Crippen molar-refractivity contribution in [2.45, 2.75) is 0 Å². The Labute approximate surface area is 119 Å². The van der Waals surface area contributed by atoms with Gasteiger partial charge in [0.2, 0.25) is 0 Å². The molecule has 0 aliphatic heterocycles. The van der Waals surface area contributed by atoms with E-state index >= 15 is 0 Å². The summed E-state index contributed by atoms with van der Waals surface area (Å²) in [5, 5.41) is 8.76. The lowest BCUT2D eigenvalue weighted by Crippen LogP contribution is -1.69. The average molecular weight is 257 g/mol. The Hall–Kier alpha value is -2.85. The second-order valence-electron chi connectivity index (χ2n) is 4.25. The highest BCUT2D eigenvalue weighted by Gasteiger charge is 2.05. The molecule has 0 amide bonds. The van der Waals surface area contributed by atoms with Crippen molar-refractivity contribution in [3.05, 3.63) is 90.5 Å². The molecule has 0 fully saturated rings. The minimum absolute atomic E-state index is 0.751. The number of benzene rings is 1. The van der Waals surface area contributed by atoms with Crippen molar-refractivity contribution in [1.82, 2.24) is 0 Å². The van der Waals surface area contributed by atoms with Gasteiger partial charge < -0.3 is 0 Å². The molecule has 0 N–H and O–H groups in total. The first-order valence-corrected chi connectivity index (χ1v) is 6.40. The van der Waals surface area contributed by atoms with Crippen molar-refractivity contribution >= 4 is 6.08 Å². The molecule has 2 aliphatic carbocycles. The molecule has 1 heteroatoms. The second kappa shape index (κ2) is 6.92. The van der Waals surface area contributed by atoms with E-state index in [1.165, 1.54) is 5.56 Å². The van der Waals surface area contributed by atoms with Gasteiger partial charge in [-0.2, -0.15) is 5.26 Å². The molecule has 0 atom stereocenters. The third kappa shape index (κ3) is 3.34. The van der Waals surface area contributed by atoms with Crippen LogP contribution in [-0.4, -0.2) is 0 Å². The Bertz CT molecular complexity index is 692. The van der Waals surface area contributed by atoms with Crippen molar-refractivity contribution in [2.24, 2.45) is 0 Å². The van der Waals surface area contributed by atoms with Crippen molar-refractivity contribution in [3.8, 4) is 17.2 Å². The molecule has 0 spiro atoms. The van der Waals surface area contributed by atoms with Gasteiger partial charge in [0.1, 0.15) is 0 Å². The van der Waals surface area contributed by atoms with Gasteiger partial charge in [0.25, 0.3) is 0 Å². The van der Waals surface area contributed by atoms with E-state index in [1.54, 1.807) is 0 Å². The SMILES string of the molecule is C=Cc1ccccc1.N#Cc1ccc2cccccc1-2. The lowest BCUT2D eigenvalue weighted by Gasteiger charge is -1.89. The minimum atomic E-state index is 0.751. The van der Waals surface area contributed by atoms with Crippen LogP contribution in [0.1, 0.15) is 11.1 Å². The topological polar surface area (TPSA) is 23.8 Å². The molecule has 1 aromatic carbocycles. The summed E-state index contributed by atoms with van der Waals surface area (Å²) in [5.74, 6) is 0. The maximum Gasteiger partial charge on any atom is 0.0998 e. The van der Waals surface area contributed by atoms with E-state index in [0.717, 1.165) is 16.7 Å². The van der Waals surface area contributed by atoms with Crippen LogP contribution in [-0.2, 0) is 0 Å². The van der Waals surface area contributed by atoms with E-state index in [2.05, 4.69) is 12.6 Å². The molecule has 3 rings (SSSR count). The summed E-state index contributed by atoms with van der Waals surface area (Å²) in [5.41, 5.74) is 4.08. The molecule has 0 saturated carbocycles. The highest BCUT2D eigenvalue weighted by Crippen LogP contribution is 2.25. The van der Waals surface area contributed by atoms with Crippen LogP contribution >= 0.6 is 0 Å². The fourth-order valence-corrected chi connectivity index (χ4v) is 1.90. The molecule has 1 aromatic rings. The van der Waals surface area contributed by atoms with Crippen LogP contribution in [0.3, 0.4) is 0 Å². The Morgan fingerprint density at radius 3 is 2.05 bits per heavy atom. The van der Waals surface area contributed by atoms with E-state index in [0.29, 0.717) is 0 Å². The van der Waals surface area contributed by atoms with E-state index < -0.39 is 0 Å². The fraction of sp³-hybridized carbons (Fsp3) is 0. The zero-order valence-electron chi connectivity index (χ0n) is 11.2. The van der Waals surface area contributed by atoms with E-state index in [1.807, 2.05) is 78.9 Å². The number of hydrogen-bond acceptors (Lipinski definition) is 1. The van der Waals surface area contributed by atoms with Gasteiger partial charge in [-0.1, -0.05) is 79.4 Å². The molecule has 1 nitrogen and oxygen atoms in total. The third-order valence-electron chi connectivity index (χ3n) is 2.95. The molecule has 96 valence electrons. The predicted octanol–water partition coefficient (Wildman–Crippen LogP) is 4.99. The number of hydrogen-bond donors (Lipinski definition) is 0. The molecule has 0 unspecified atom stereocenters. The van der Waals surface area contributed by atoms with Crippen molar-refractivity contribution in [3.63, 3.8) is 0 Å². The first kappa shape index (κ1) is 13.6. The van der Waals surface area contributed by atoms with Crippen LogP contribution in [0, 0.1) is 11.3 Å². The van der Waals surface area contributed by atoms with E-state index in [-0.39, 0.29) is 0 Å². The Balaban J connectivity index is 0.000000160. The van der Waals surface area contributed by atoms with Crippen LogP contribution in [0.15, 0.2) is 79.4 Å². The lowest BCUT2D eigenvalue weighted by atomic mass is 10.1. The monoisotopic (exact) mass is 257 g/mol. The number of fused-ring (bicyclic) bond motifs is 1. The molecule has 0 saturated heterocycles. The molecule has 0 heterocycles. The van der Waals surface area contributed by atoms with Gasteiger partial charge in [-0.15, -0.1) is 0 Å². The van der Waals surface area contributed by atoms with Crippen LogP contribution in [0.5, 0.6) is 0 Å². The van der Waals surface area contributed by atoms with Crippen LogP contribution in [0.25, 0.3) is 17.2 Å². The molecule has 0 aromatic heterocycles. The Morgan fingerprint density at radius 2 is 1.45 bits per heavy atom. The third-order valence-corrected chi connectivity index (χ3v) is 2.95. The van der Waals surface area contributed by atoms with Gasteiger partial charge in [0.05, 0.1) is 11.6 Å². The molecule has 0 bridgehead atoms. The highest BCUT2D eigenvalue weighted by atomic mass is 14.2. The van der Waals surface area contributed by atoms with Crippen molar-refractivity contribution in [1.29, 1.82) is 5.26 Å². The minimum Gasteiger partial charge on any atom is -0.192 e. The first-order valence-electron chi connectivity index (χ1n) is 6.40. The van der Waals surface area contributed by atoms with Crippen LogP contribution < -0.4 is 0 Å². The summed E-state index contributed by atoms with van der Waals surface area (Å²) in [7, 11) is 0. The highest BCUT2D eigenvalue weighted by molar-refractivity contribution is 5.73. The van der Waals surface area contributed by atoms with Gasteiger partial charge in [-0.05, 0) is 22.8 Å². The molecule has 20 heavy (non-hydrogen) atoms. The summed E-state index contributed by atoms with van der Waals surface area (Å²) in [6, 6.07) is 25.9. The first-order chi connectivity index (χ1) is 9.85. The summed E-state index contributed by atoms with van der Waals surface area (Å²) in [4.78, 5) is 0. The normalized spacial score (nSPS) is 9.15. The van der Waals surface area contributed by atoms with Gasteiger partial charge in [0, 0.05) is 0 Å². The fourth-order valence-electron chi connectivity index (χ4n) is 1.90. The summed E-state index contributed by atoms with van der Waals surface area (Å²) < 4.78 is 0. The summed E-state index contributed by atoms with van der Waals surface area (Å²) in [6.07, 6.45) is 1.83. The standard InChI is InChI=1S/C11H7N.C8H8/c12-8-10-7-6-9-4-2-1-3-5-11(9)10;1-2-8-6-4-3-5-7-8/h1-7H;2-7H,1H2. The maximum atomic E-state index is 8.76. The summed E-state index contributed by atoms with van der Waals surface area (Å²) in [6.45, 7) is 3.63. The van der Waals surface area contributed by atoms with Gasteiger partial charge >= 0.3 is 0 Å². The second-order valence-corrected chi connectivity index (χ2v) is 4.25. The lowest BCUT2D eigenvalue weighted by molar-refractivity contribution is 1.51. The van der Waals surface area contributed by atoms with Crippen LogP contribution in [0.2, 0.25) is 0 Å². The predicted molar refractivity (Wildman–Crippen MR) is 84.3 cm³/mol. The zero-order chi connectivity index (χ0) is 14.2. The van der Waals surface area contributed by atoms with Crippen molar-refractivity contribution < 1.29 is 0 Å². The maximum absolute atomic E-state index is 8.76. The molecule has 0 radical (unpaired) electrons. The smallest absolute Gasteiger partial charge is 0.0998 e. The van der Waals surface area contributed by atoms with E-state index in [9.17, 15) is 0 Å². The number of rotatable bonds is 1.